The lowest BCUT2D eigenvalue weighted by atomic mass is 10.0. The molecule has 0 fully saturated rings. The van der Waals surface area contributed by atoms with E-state index in [9.17, 15) is 4.79 Å². The van der Waals surface area contributed by atoms with Gasteiger partial charge in [-0.2, -0.15) is 0 Å². The number of hydrogen-bond acceptors (Lipinski definition) is 5. The monoisotopic (exact) mass is 315 g/mol. The second kappa shape index (κ2) is 5.93. The summed E-state index contributed by atoms with van der Waals surface area (Å²) in [7, 11) is 1.62. The SMILES string of the molecule is COc1c(C)ccc2c(CC(=O)Cc3ncc(C)s3)coc12. The summed E-state index contributed by atoms with van der Waals surface area (Å²) in [5.74, 6) is 0.864. The van der Waals surface area contributed by atoms with E-state index < -0.39 is 0 Å². The number of hydrogen-bond donors (Lipinski definition) is 0. The Hall–Kier alpha value is -2.14. The van der Waals surface area contributed by atoms with Crippen molar-refractivity contribution < 1.29 is 13.9 Å². The number of methoxy groups -OCH3 is 1. The van der Waals surface area contributed by atoms with Gasteiger partial charge in [0.05, 0.1) is 19.8 Å². The van der Waals surface area contributed by atoms with Crippen LogP contribution in [0.5, 0.6) is 5.75 Å². The first-order valence-electron chi connectivity index (χ1n) is 7.05. The third kappa shape index (κ3) is 2.76. The summed E-state index contributed by atoms with van der Waals surface area (Å²) in [4.78, 5) is 17.6. The number of thiazole rings is 1. The summed E-state index contributed by atoms with van der Waals surface area (Å²) in [6.45, 7) is 3.96. The number of carbonyl (C=O) groups excluding carboxylic acids is 1. The zero-order chi connectivity index (χ0) is 15.7. The number of aryl methyl sites for hydroxylation is 2. The van der Waals surface area contributed by atoms with Crippen molar-refractivity contribution in [1.29, 1.82) is 0 Å². The van der Waals surface area contributed by atoms with E-state index in [0.717, 1.165) is 32.1 Å². The lowest BCUT2D eigenvalue weighted by Crippen LogP contribution is -2.05. The van der Waals surface area contributed by atoms with Gasteiger partial charge in [0.1, 0.15) is 10.8 Å². The molecule has 3 aromatic rings. The van der Waals surface area contributed by atoms with E-state index in [1.165, 1.54) is 0 Å². The molecule has 0 aliphatic rings. The molecule has 1 aromatic carbocycles. The maximum absolute atomic E-state index is 12.2. The number of rotatable bonds is 5. The Morgan fingerprint density at radius 1 is 1.32 bits per heavy atom. The van der Waals surface area contributed by atoms with E-state index >= 15 is 0 Å². The molecule has 2 aromatic heterocycles. The fraction of sp³-hybridized carbons (Fsp3) is 0.294. The predicted molar refractivity (Wildman–Crippen MR) is 86.8 cm³/mol. The molecule has 114 valence electrons. The molecule has 0 bridgehead atoms. The first-order valence-corrected chi connectivity index (χ1v) is 7.87. The van der Waals surface area contributed by atoms with Crippen LogP contribution in [0.25, 0.3) is 11.0 Å². The number of furan rings is 1. The Balaban J connectivity index is 1.83. The van der Waals surface area contributed by atoms with Gasteiger partial charge in [-0.3, -0.25) is 4.79 Å². The first kappa shape index (κ1) is 14.8. The van der Waals surface area contributed by atoms with Crippen molar-refractivity contribution in [2.45, 2.75) is 26.7 Å². The summed E-state index contributed by atoms with van der Waals surface area (Å²) >= 11 is 1.56. The minimum Gasteiger partial charge on any atom is -0.493 e. The van der Waals surface area contributed by atoms with E-state index in [0.29, 0.717) is 18.4 Å². The quantitative estimate of drug-likeness (QED) is 0.717. The number of carbonyl (C=O) groups is 1. The maximum atomic E-state index is 12.2. The summed E-state index contributed by atoms with van der Waals surface area (Å²) < 4.78 is 11.0. The van der Waals surface area contributed by atoms with E-state index in [2.05, 4.69) is 4.98 Å². The molecule has 0 N–H and O–H groups in total. The molecule has 0 radical (unpaired) electrons. The molecule has 2 heterocycles. The topological polar surface area (TPSA) is 52.3 Å². The van der Waals surface area contributed by atoms with Crippen LogP contribution < -0.4 is 4.74 Å². The molecular formula is C17H17NO3S. The van der Waals surface area contributed by atoms with Crippen LogP contribution >= 0.6 is 11.3 Å². The van der Waals surface area contributed by atoms with Crippen molar-refractivity contribution in [3.05, 3.63) is 45.6 Å². The summed E-state index contributed by atoms with van der Waals surface area (Å²) in [5, 5.41) is 1.80. The predicted octanol–water partition coefficient (Wildman–Crippen LogP) is 3.87. The minimum atomic E-state index is 0.136. The normalized spacial score (nSPS) is 11.0. The number of ether oxygens (including phenoxy) is 1. The molecule has 0 unspecified atom stereocenters. The Morgan fingerprint density at radius 3 is 2.82 bits per heavy atom. The number of ketones is 1. The van der Waals surface area contributed by atoms with Crippen LogP contribution in [-0.2, 0) is 17.6 Å². The third-order valence-electron chi connectivity index (χ3n) is 3.58. The Bertz CT molecular complexity index is 832. The van der Waals surface area contributed by atoms with Gasteiger partial charge < -0.3 is 9.15 Å². The van der Waals surface area contributed by atoms with Crippen LogP contribution in [0.2, 0.25) is 0 Å². The maximum Gasteiger partial charge on any atom is 0.176 e. The summed E-state index contributed by atoms with van der Waals surface area (Å²) in [5.41, 5.74) is 2.61. The molecule has 0 spiro atoms. The summed E-state index contributed by atoms with van der Waals surface area (Å²) in [6, 6.07) is 3.96. The zero-order valence-electron chi connectivity index (χ0n) is 12.8. The van der Waals surface area contributed by atoms with Crippen molar-refractivity contribution in [3.8, 4) is 5.75 Å². The lowest BCUT2D eigenvalue weighted by molar-refractivity contribution is -0.117. The second-order valence-electron chi connectivity index (χ2n) is 5.31. The van der Waals surface area contributed by atoms with Crippen molar-refractivity contribution in [1.82, 2.24) is 4.98 Å². The standard InChI is InChI=1S/C17H17NO3S/c1-10-4-5-14-12(9-21-17(14)16(10)20-3)6-13(19)7-15-18-8-11(2)22-15/h4-5,8-9H,6-7H2,1-3H3. The highest BCUT2D eigenvalue weighted by Gasteiger charge is 2.16. The molecule has 4 nitrogen and oxygen atoms in total. The molecule has 0 aliphatic heterocycles. The van der Waals surface area contributed by atoms with Crippen LogP contribution in [0, 0.1) is 13.8 Å². The van der Waals surface area contributed by atoms with Crippen molar-refractivity contribution in [3.63, 3.8) is 0 Å². The number of nitrogens with zero attached hydrogens (tertiary/aromatic N) is 1. The minimum absolute atomic E-state index is 0.136. The van der Waals surface area contributed by atoms with Gasteiger partial charge in [-0.05, 0) is 19.4 Å². The van der Waals surface area contributed by atoms with Gasteiger partial charge in [-0.25, -0.2) is 4.98 Å². The van der Waals surface area contributed by atoms with Crippen LogP contribution in [0.3, 0.4) is 0 Å². The molecule has 5 heteroatoms. The number of fused-ring (bicyclic) bond motifs is 1. The second-order valence-corrected chi connectivity index (χ2v) is 6.63. The van der Waals surface area contributed by atoms with Gasteiger partial charge in [0, 0.05) is 28.4 Å². The molecule has 0 saturated heterocycles. The summed E-state index contributed by atoms with van der Waals surface area (Å²) in [6.07, 6.45) is 4.16. The fourth-order valence-corrected chi connectivity index (χ4v) is 3.36. The number of aromatic nitrogens is 1. The highest BCUT2D eigenvalue weighted by molar-refractivity contribution is 7.11. The van der Waals surface area contributed by atoms with Crippen LogP contribution in [0.1, 0.15) is 21.0 Å². The highest BCUT2D eigenvalue weighted by Crippen LogP contribution is 2.33. The van der Waals surface area contributed by atoms with E-state index in [4.69, 9.17) is 9.15 Å². The van der Waals surface area contributed by atoms with E-state index in [-0.39, 0.29) is 5.78 Å². The smallest absolute Gasteiger partial charge is 0.176 e. The van der Waals surface area contributed by atoms with Gasteiger partial charge in [-0.15, -0.1) is 11.3 Å². The van der Waals surface area contributed by atoms with Crippen LogP contribution in [0.4, 0.5) is 0 Å². The lowest BCUT2D eigenvalue weighted by Gasteiger charge is -2.04. The zero-order valence-corrected chi connectivity index (χ0v) is 13.6. The van der Waals surface area contributed by atoms with Gasteiger partial charge >= 0.3 is 0 Å². The van der Waals surface area contributed by atoms with Crippen LogP contribution in [0.15, 0.2) is 29.0 Å². The Kier molecular flexibility index (Phi) is 3.98. The van der Waals surface area contributed by atoms with Gasteiger partial charge in [-0.1, -0.05) is 12.1 Å². The highest BCUT2D eigenvalue weighted by atomic mass is 32.1. The average Bonchev–Trinajstić information content (AvgIpc) is 3.06. The molecule has 0 saturated carbocycles. The van der Waals surface area contributed by atoms with E-state index in [1.807, 2.05) is 26.0 Å². The Labute approximate surface area is 132 Å². The van der Waals surface area contributed by atoms with Crippen molar-refractivity contribution >= 4 is 28.1 Å². The van der Waals surface area contributed by atoms with Gasteiger partial charge in [0.25, 0.3) is 0 Å². The van der Waals surface area contributed by atoms with Crippen molar-refractivity contribution in [2.24, 2.45) is 0 Å². The molecule has 0 atom stereocenters. The third-order valence-corrected chi connectivity index (χ3v) is 4.50. The molecule has 0 aliphatic carbocycles. The average molecular weight is 315 g/mol. The number of Topliss-reactive ketones (excluding diaryl/α,β-unsaturated/α-hetero) is 1. The molecule has 3 rings (SSSR count). The van der Waals surface area contributed by atoms with E-state index in [1.54, 1.807) is 30.9 Å². The van der Waals surface area contributed by atoms with Crippen LogP contribution in [-0.4, -0.2) is 17.9 Å². The van der Waals surface area contributed by atoms with Crippen molar-refractivity contribution in [2.75, 3.05) is 7.11 Å². The first-order chi connectivity index (χ1) is 10.6. The fourth-order valence-electron chi connectivity index (χ4n) is 2.54. The molecule has 0 amide bonds. The number of benzene rings is 1. The largest absolute Gasteiger partial charge is 0.493 e. The van der Waals surface area contributed by atoms with Gasteiger partial charge in [0.15, 0.2) is 11.3 Å². The van der Waals surface area contributed by atoms with Gasteiger partial charge in [0.2, 0.25) is 0 Å². The Morgan fingerprint density at radius 2 is 2.14 bits per heavy atom. The molecule has 22 heavy (non-hydrogen) atoms. The molecular weight excluding hydrogens is 298 g/mol.